The maximum Gasteiger partial charge on any atom is 0.101 e. The maximum atomic E-state index is 9.44. The summed E-state index contributed by atoms with van der Waals surface area (Å²) in [5, 5.41) is 9.37. The number of benzene rings is 1. The molecule has 0 atom stereocenters. The topological polar surface area (TPSA) is 59.0 Å². The van der Waals surface area contributed by atoms with Gasteiger partial charge in [-0.05, 0) is 24.3 Å². The van der Waals surface area contributed by atoms with Crippen molar-refractivity contribution in [3.8, 4) is 6.07 Å². The van der Waals surface area contributed by atoms with E-state index in [0.29, 0.717) is 16.5 Å². The van der Waals surface area contributed by atoms with Crippen LogP contribution in [0, 0.1) is 11.3 Å². The van der Waals surface area contributed by atoms with E-state index in [0.717, 1.165) is 0 Å². The fourth-order valence-electron chi connectivity index (χ4n) is 1.25. The van der Waals surface area contributed by atoms with E-state index >= 15 is 0 Å². The standard InChI is InChI=1S/C10H5N3/c11-6-7-3-4-9(12)8-2-1-5-13-10(7)8/h1-5H. The summed E-state index contributed by atoms with van der Waals surface area (Å²) >= 11 is 0. The summed E-state index contributed by atoms with van der Waals surface area (Å²) in [5.74, 6) is 0. The average Bonchev–Trinajstić information content (AvgIpc) is 2.19. The Bertz CT molecular complexity index is 497. The zero-order chi connectivity index (χ0) is 9.26. The van der Waals surface area contributed by atoms with Crippen LogP contribution in [0.1, 0.15) is 5.56 Å². The summed E-state index contributed by atoms with van der Waals surface area (Å²) in [6, 6.07) is 8.55. The Balaban J connectivity index is 2.95. The number of pyridine rings is 1. The second-order valence-electron chi connectivity index (χ2n) is 2.64. The molecule has 1 aromatic carbocycles. The Morgan fingerprint density at radius 1 is 1.23 bits per heavy atom. The molecule has 0 aliphatic rings. The number of hydrogen-bond acceptors (Lipinski definition) is 2. The van der Waals surface area contributed by atoms with Crippen molar-refractivity contribution in [1.29, 1.82) is 5.26 Å². The third-order valence-electron chi connectivity index (χ3n) is 1.87. The second-order valence-corrected chi connectivity index (χ2v) is 2.64. The summed E-state index contributed by atoms with van der Waals surface area (Å²) < 4.78 is 0. The van der Waals surface area contributed by atoms with Gasteiger partial charge in [-0.2, -0.15) is 5.26 Å². The van der Waals surface area contributed by atoms with Gasteiger partial charge in [0.05, 0.1) is 16.8 Å². The van der Waals surface area contributed by atoms with Gasteiger partial charge in [0.1, 0.15) is 6.07 Å². The molecule has 0 aliphatic heterocycles. The smallest absolute Gasteiger partial charge is 0.101 e. The number of aromatic nitrogens is 1. The molecule has 0 saturated heterocycles. The van der Waals surface area contributed by atoms with Crippen LogP contribution in [0.4, 0.5) is 5.69 Å². The van der Waals surface area contributed by atoms with Gasteiger partial charge in [-0.25, -0.2) is 0 Å². The predicted molar refractivity (Wildman–Crippen MR) is 48.3 cm³/mol. The lowest BCUT2D eigenvalue weighted by Gasteiger charge is -1.99. The molecule has 2 aromatic rings. The van der Waals surface area contributed by atoms with E-state index in [9.17, 15) is 5.73 Å². The minimum Gasteiger partial charge on any atom is -0.255 e. The van der Waals surface area contributed by atoms with Gasteiger partial charge in [-0.3, -0.25) is 4.98 Å². The highest BCUT2D eigenvalue weighted by molar-refractivity contribution is 5.92. The highest BCUT2D eigenvalue weighted by Gasteiger charge is 2.04. The molecule has 0 N–H and O–H groups in total. The minimum absolute atomic E-state index is 0.155. The SMILES string of the molecule is [N]c1ccc(C#N)c2ncccc12. The molecule has 2 radical (unpaired) electrons. The Labute approximate surface area is 75.4 Å². The molecule has 0 saturated carbocycles. The lowest BCUT2D eigenvalue weighted by molar-refractivity contribution is 1.38. The van der Waals surface area contributed by atoms with E-state index in [4.69, 9.17) is 5.26 Å². The lowest BCUT2D eigenvalue weighted by atomic mass is 10.1. The maximum absolute atomic E-state index is 9.44. The molecular weight excluding hydrogens is 162 g/mol. The van der Waals surface area contributed by atoms with Gasteiger partial charge in [-0.15, -0.1) is 5.73 Å². The predicted octanol–water partition coefficient (Wildman–Crippen LogP) is 1.81. The Hall–Kier alpha value is -2.08. The number of nitriles is 1. The van der Waals surface area contributed by atoms with Crippen molar-refractivity contribution in [3.63, 3.8) is 0 Å². The zero-order valence-electron chi connectivity index (χ0n) is 6.73. The molecule has 3 nitrogen and oxygen atoms in total. The Morgan fingerprint density at radius 2 is 2.08 bits per heavy atom. The lowest BCUT2D eigenvalue weighted by Crippen LogP contribution is -1.84. The molecule has 1 aromatic heterocycles. The van der Waals surface area contributed by atoms with Crippen LogP contribution in [0.2, 0.25) is 0 Å². The zero-order valence-corrected chi connectivity index (χ0v) is 6.73. The third-order valence-corrected chi connectivity index (χ3v) is 1.87. The third kappa shape index (κ3) is 1.09. The molecule has 0 fully saturated rings. The normalized spacial score (nSPS) is 9.77. The molecule has 1 heterocycles. The molecule has 0 aliphatic carbocycles. The van der Waals surface area contributed by atoms with Gasteiger partial charge in [0.25, 0.3) is 0 Å². The van der Waals surface area contributed by atoms with E-state index in [2.05, 4.69) is 4.98 Å². The largest absolute Gasteiger partial charge is 0.255 e. The van der Waals surface area contributed by atoms with E-state index in [1.807, 2.05) is 6.07 Å². The first-order chi connectivity index (χ1) is 6.33. The van der Waals surface area contributed by atoms with Crippen LogP contribution in [-0.4, -0.2) is 4.98 Å². The molecule has 60 valence electrons. The van der Waals surface area contributed by atoms with Crippen molar-refractivity contribution in [3.05, 3.63) is 36.0 Å². The molecule has 3 heteroatoms. The van der Waals surface area contributed by atoms with E-state index < -0.39 is 0 Å². The fourth-order valence-corrected chi connectivity index (χ4v) is 1.25. The van der Waals surface area contributed by atoms with Gasteiger partial charge in [0.2, 0.25) is 0 Å². The first-order valence-corrected chi connectivity index (χ1v) is 3.80. The van der Waals surface area contributed by atoms with Gasteiger partial charge in [0, 0.05) is 11.6 Å². The van der Waals surface area contributed by atoms with Crippen LogP contribution in [0.3, 0.4) is 0 Å². The Morgan fingerprint density at radius 3 is 2.85 bits per heavy atom. The summed E-state index contributed by atoms with van der Waals surface area (Å²) in [6.07, 6.45) is 1.60. The summed E-state index contributed by atoms with van der Waals surface area (Å²) in [6.45, 7) is 0. The summed E-state index contributed by atoms with van der Waals surface area (Å²) in [4.78, 5) is 4.03. The van der Waals surface area contributed by atoms with Gasteiger partial charge >= 0.3 is 0 Å². The minimum atomic E-state index is 0.155. The van der Waals surface area contributed by atoms with Gasteiger partial charge in [-0.1, -0.05) is 0 Å². The van der Waals surface area contributed by atoms with Crippen molar-refractivity contribution in [2.75, 3.05) is 0 Å². The van der Waals surface area contributed by atoms with Crippen LogP contribution in [0.25, 0.3) is 10.9 Å². The van der Waals surface area contributed by atoms with E-state index in [-0.39, 0.29) is 5.69 Å². The van der Waals surface area contributed by atoms with E-state index in [1.165, 1.54) is 6.07 Å². The summed E-state index contributed by atoms with van der Waals surface area (Å²) in [5.41, 5.74) is 10.6. The van der Waals surface area contributed by atoms with E-state index in [1.54, 1.807) is 24.4 Å². The number of rotatable bonds is 0. The molecule has 13 heavy (non-hydrogen) atoms. The molecule has 0 amide bonds. The average molecular weight is 167 g/mol. The van der Waals surface area contributed by atoms with Crippen molar-refractivity contribution < 1.29 is 0 Å². The molecule has 2 rings (SSSR count). The highest BCUT2D eigenvalue weighted by atomic mass is 14.7. The van der Waals surface area contributed by atoms with Crippen LogP contribution >= 0.6 is 0 Å². The van der Waals surface area contributed by atoms with Crippen LogP contribution in [0.5, 0.6) is 0 Å². The van der Waals surface area contributed by atoms with Crippen LogP contribution in [0.15, 0.2) is 30.5 Å². The quantitative estimate of drug-likeness (QED) is 0.600. The number of hydrogen-bond donors (Lipinski definition) is 0. The molecule has 0 unspecified atom stereocenters. The van der Waals surface area contributed by atoms with Gasteiger partial charge < -0.3 is 0 Å². The van der Waals surface area contributed by atoms with Crippen LogP contribution in [-0.2, 0) is 0 Å². The fraction of sp³-hybridized carbons (Fsp3) is 0. The van der Waals surface area contributed by atoms with Crippen molar-refractivity contribution in [2.45, 2.75) is 0 Å². The number of fused-ring (bicyclic) bond motifs is 1. The molecular formula is C10H5N3. The monoisotopic (exact) mass is 167 g/mol. The highest BCUT2D eigenvalue weighted by Crippen LogP contribution is 2.22. The first kappa shape index (κ1) is 7.56. The second kappa shape index (κ2) is 2.76. The van der Waals surface area contributed by atoms with Crippen molar-refractivity contribution in [1.82, 2.24) is 10.7 Å². The summed E-state index contributed by atoms with van der Waals surface area (Å²) in [7, 11) is 0. The molecule has 0 spiro atoms. The van der Waals surface area contributed by atoms with Crippen molar-refractivity contribution in [2.24, 2.45) is 0 Å². The Kier molecular flexibility index (Phi) is 1.60. The van der Waals surface area contributed by atoms with Crippen molar-refractivity contribution >= 4 is 16.6 Å². The number of nitrogens with zero attached hydrogens (tertiary/aromatic N) is 3. The van der Waals surface area contributed by atoms with Gasteiger partial charge in [0.15, 0.2) is 0 Å². The first-order valence-electron chi connectivity index (χ1n) is 3.80. The molecule has 0 bridgehead atoms. The van der Waals surface area contributed by atoms with Crippen LogP contribution < -0.4 is 5.73 Å².